The van der Waals surface area contributed by atoms with Crippen molar-refractivity contribution < 1.29 is 28.7 Å². The Labute approximate surface area is 242 Å². The van der Waals surface area contributed by atoms with Gasteiger partial charge in [-0.3, -0.25) is 24.1 Å². The molecule has 0 unspecified atom stereocenters. The molecule has 4 rings (SSSR count). The van der Waals surface area contributed by atoms with Crippen LogP contribution in [0.2, 0.25) is 0 Å². The molecule has 10 heteroatoms. The van der Waals surface area contributed by atoms with Gasteiger partial charge in [0.1, 0.15) is 6.54 Å². The number of nitrogens with one attached hydrogen (secondary N) is 2. The van der Waals surface area contributed by atoms with Gasteiger partial charge in [0.25, 0.3) is 17.1 Å². The van der Waals surface area contributed by atoms with E-state index in [-0.39, 0.29) is 23.3 Å². The Bertz CT molecular complexity index is 1500. The predicted octanol–water partition coefficient (Wildman–Crippen LogP) is 5.82. The van der Waals surface area contributed by atoms with E-state index in [2.05, 4.69) is 24.5 Å². The number of carbonyl (C=O) groups is 4. The lowest BCUT2D eigenvalue weighted by Crippen LogP contribution is -2.36. The molecule has 0 atom stereocenters. The van der Waals surface area contributed by atoms with Crippen molar-refractivity contribution in [2.75, 3.05) is 30.9 Å². The fourth-order valence-corrected chi connectivity index (χ4v) is 4.94. The maximum absolute atomic E-state index is 12.9. The molecule has 0 aliphatic carbocycles. The lowest BCUT2D eigenvalue weighted by Gasteiger charge is -2.15. The van der Waals surface area contributed by atoms with Crippen LogP contribution < -0.4 is 20.1 Å². The van der Waals surface area contributed by atoms with Crippen molar-refractivity contribution in [3.8, 4) is 11.5 Å². The molecule has 0 saturated carbocycles. The Balaban J connectivity index is 1.38. The minimum absolute atomic E-state index is 0.178. The van der Waals surface area contributed by atoms with Gasteiger partial charge in [0.2, 0.25) is 5.91 Å². The van der Waals surface area contributed by atoms with E-state index in [9.17, 15) is 19.2 Å². The predicted molar refractivity (Wildman–Crippen MR) is 160 cm³/mol. The summed E-state index contributed by atoms with van der Waals surface area (Å²) >= 11 is 0.756. The molecule has 1 aliphatic heterocycles. The zero-order valence-corrected chi connectivity index (χ0v) is 24.0. The van der Waals surface area contributed by atoms with Gasteiger partial charge in [-0.15, -0.1) is 0 Å². The molecule has 0 aromatic heterocycles. The third-order valence-corrected chi connectivity index (χ3v) is 7.12. The summed E-state index contributed by atoms with van der Waals surface area (Å²) < 4.78 is 11.1. The molecule has 0 bridgehead atoms. The lowest BCUT2D eigenvalue weighted by atomic mass is 10.0. The molecule has 1 fully saturated rings. The van der Waals surface area contributed by atoms with Gasteiger partial charge in [-0.25, -0.2) is 0 Å². The van der Waals surface area contributed by atoms with E-state index in [1.807, 2.05) is 43.3 Å². The van der Waals surface area contributed by atoms with E-state index in [1.54, 1.807) is 36.4 Å². The second-order valence-corrected chi connectivity index (χ2v) is 10.7. The zero-order chi connectivity index (χ0) is 29.5. The number of carbonyl (C=O) groups excluding carboxylic acids is 4. The smallest absolute Gasteiger partial charge is 0.294 e. The van der Waals surface area contributed by atoms with E-state index >= 15 is 0 Å². The SMILES string of the molecule is COc1cc(/C=C2\SC(=O)N(CC(=O)Nc3ccc(C)cc3)C2=O)ccc1OCC(=O)Nc1ccccc1C(C)C. The first-order chi connectivity index (χ1) is 19.6. The van der Waals surface area contributed by atoms with Crippen LogP contribution in [0.4, 0.5) is 16.2 Å². The largest absolute Gasteiger partial charge is 0.493 e. The Morgan fingerprint density at radius 1 is 0.951 bits per heavy atom. The number of hydrogen-bond donors (Lipinski definition) is 2. The van der Waals surface area contributed by atoms with Crippen LogP contribution >= 0.6 is 11.8 Å². The van der Waals surface area contributed by atoms with Gasteiger partial charge in [0, 0.05) is 11.4 Å². The standard InChI is InChI=1S/C31H31N3O6S/c1-19(2)23-7-5-6-8-24(23)33-29(36)18-40-25-14-11-21(15-26(25)39-4)16-27-30(37)34(31(38)41-27)17-28(35)32-22-12-9-20(3)10-13-22/h5-16,19H,17-18H2,1-4H3,(H,32,35)(H,33,36)/b27-16-. The van der Waals surface area contributed by atoms with Gasteiger partial charge >= 0.3 is 0 Å². The molecule has 41 heavy (non-hydrogen) atoms. The monoisotopic (exact) mass is 573 g/mol. The first-order valence-electron chi connectivity index (χ1n) is 13.0. The molecule has 4 amide bonds. The molecular weight excluding hydrogens is 542 g/mol. The third kappa shape index (κ3) is 7.55. The van der Waals surface area contributed by atoms with Gasteiger partial charge < -0.3 is 20.1 Å². The average Bonchev–Trinajstić information content (AvgIpc) is 3.20. The molecule has 2 N–H and O–H groups in total. The van der Waals surface area contributed by atoms with Crippen molar-refractivity contribution in [1.29, 1.82) is 0 Å². The summed E-state index contributed by atoms with van der Waals surface area (Å²) in [5, 5.41) is 5.04. The summed E-state index contributed by atoms with van der Waals surface area (Å²) in [5.41, 5.74) is 3.97. The number of hydrogen-bond acceptors (Lipinski definition) is 7. The number of imide groups is 1. The van der Waals surface area contributed by atoms with Crippen molar-refractivity contribution in [2.24, 2.45) is 0 Å². The van der Waals surface area contributed by atoms with E-state index in [1.165, 1.54) is 7.11 Å². The van der Waals surface area contributed by atoms with Crippen molar-refractivity contribution in [2.45, 2.75) is 26.7 Å². The normalized spacial score (nSPS) is 14.0. The van der Waals surface area contributed by atoms with E-state index in [4.69, 9.17) is 9.47 Å². The van der Waals surface area contributed by atoms with Crippen molar-refractivity contribution >= 4 is 52.2 Å². The molecule has 1 heterocycles. The van der Waals surface area contributed by atoms with Crippen molar-refractivity contribution in [1.82, 2.24) is 4.90 Å². The van der Waals surface area contributed by atoms with Crippen LogP contribution in [0.3, 0.4) is 0 Å². The summed E-state index contributed by atoms with van der Waals surface area (Å²) in [5.74, 6) is -0.403. The molecule has 0 spiro atoms. The first-order valence-corrected chi connectivity index (χ1v) is 13.8. The summed E-state index contributed by atoms with van der Waals surface area (Å²) in [4.78, 5) is 51.5. The Morgan fingerprint density at radius 2 is 1.68 bits per heavy atom. The van der Waals surface area contributed by atoms with E-state index in [0.717, 1.165) is 33.5 Å². The number of ether oxygens (including phenoxy) is 2. The van der Waals surface area contributed by atoms with Crippen LogP contribution in [-0.4, -0.2) is 48.1 Å². The molecule has 1 aliphatic rings. The number of benzene rings is 3. The highest BCUT2D eigenvalue weighted by Crippen LogP contribution is 2.34. The summed E-state index contributed by atoms with van der Waals surface area (Å²) in [7, 11) is 1.46. The molecule has 3 aromatic rings. The van der Waals surface area contributed by atoms with Gasteiger partial charge in [-0.05, 0) is 72.1 Å². The lowest BCUT2D eigenvalue weighted by molar-refractivity contribution is -0.127. The van der Waals surface area contributed by atoms with Crippen LogP contribution in [0.1, 0.15) is 36.5 Å². The maximum atomic E-state index is 12.9. The number of methoxy groups -OCH3 is 1. The summed E-state index contributed by atoms with van der Waals surface area (Å²) in [6.45, 7) is 5.42. The van der Waals surface area contributed by atoms with Crippen LogP contribution in [0, 0.1) is 6.92 Å². The zero-order valence-electron chi connectivity index (χ0n) is 23.2. The minimum Gasteiger partial charge on any atom is -0.493 e. The van der Waals surface area contributed by atoms with Crippen LogP contribution in [-0.2, 0) is 14.4 Å². The van der Waals surface area contributed by atoms with Crippen LogP contribution in [0.15, 0.2) is 71.6 Å². The number of para-hydroxylation sites is 1. The number of amides is 4. The summed E-state index contributed by atoms with van der Waals surface area (Å²) in [6.07, 6.45) is 1.55. The van der Waals surface area contributed by atoms with E-state index < -0.39 is 23.6 Å². The van der Waals surface area contributed by atoms with Crippen LogP contribution in [0.25, 0.3) is 6.08 Å². The van der Waals surface area contributed by atoms with Crippen molar-refractivity contribution in [3.63, 3.8) is 0 Å². The Kier molecular flexibility index (Phi) is 9.46. The topological polar surface area (TPSA) is 114 Å². The van der Waals surface area contributed by atoms with Gasteiger partial charge in [-0.1, -0.05) is 55.8 Å². The Hall–Kier alpha value is -4.57. The van der Waals surface area contributed by atoms with E-state index in [0.29, 0.717) is 22.7 Å². The average molecular weight is 574 g/mol. The number of nitrogens with zero attached hydrogens (tertiary/aromatic N) is 1. The number of anilines is 2. The minimum atomic E-state index is -0.559. The molecule has 212 valence electrons. The second kappa shape index (κ2) is 13.2. The first kappa shape index (κ1) is 29.4. The van der Waals surface area contributed by atoms with Gasteiger partial charge in [-0.2, -0.15) is 0 Å². The molecule has 0 radical (unpaired) electrons. The second-order valence-electron chi connectivity index (χ2n) is 9.67. The van der Waals surface area contributed by atoms with Gasteiger partial charge in [0.05, 0.1) is 12.0 Å². The number of rotatable bonds is 10. The molecule has 1 saturated heterocycles. The molecular formula is C31H31N3O6S. The maximum Gasteiger partial charge on any atom is 0.294 e. The number of thioether (sulfide) groups is 1. The quantitative estimate of drug-likeness (QED) is 0.294. The van der Waals surface area contributed by atoms with Crippen molar-refractivity contribution in [3.05, 3.63) is 88.3 Å². The highest BCUT2D eigenvalue weighted by Gasteiger charge is 2.36. The fraction of sp³-hybridized carbons (Fsp3) is 0.226. The third-order valence-electron chi connectivity index (χ3n) is 6.21. The number of aryl methyl sites for hydroxylation is 1. The molecule has 9 nitrogen and oxygen atoms in total. The molecule has 3 aromatic carbocycles. The fourth-order valence-electron chi connectivity index (χ4n) is 4.11. The highest BCUT2D eigenvalue weighted by molar-refractivity contribution is 8.18. The van der Waals surface area contributed by atoms with Crippen LogP contribution in [0.5, 0.6) is 11.5 Å². The van der Waals surface area contributed by atoms with Gasteiger partial charge in [0.15, 0.2) is 18.1 Å². The highest BCUT2D eigenvalue weighted by atomic mass is 32.2. The Morgan fingerprint density at radius 3 is 2.39 bits per heavy atom. The summed E-state index contributed by atoms with van der Waals surface area (Å²) in [6, 6.07) is 19.8.